The van der Waals surface area contributed by atoms with E-state index in [1.54, 1.807) is 7.11 Å². The van der Waals surface area contributed by atoms with Crippen molar-refractivity contribution in [2.24, 2.45) is 0 Å². The summed E-state index contributed by atoms with van der Waals surface area (Å²) in [6, 6.07) is 6.15. The Kier molecular flexibility index (Phi) is 3.38. The van der Waals surface area contributed by atoms with Crippen LogP contribution in [-0.4, -0.2) is 23.3 Å². The van der Waals surface area contributed by atoms with Crippen molar-refractivity contribution >= 4 is 27.0 Å². The summed E-state index contributed by atoms with van der Waals surface area (Å²) in [5.41, 5.74) is 2.20. The Morgan fingerprint density at radius 2 is 2.33 bits per heavy atom. The van der Waals surface area contributed by atoms with Gasteiger partial charge in [-0.05, 0) is 24.6 Å². The van der Waals surface area contributed by atoms with Gasteiger partial charge in [0.2, 0.25) is 0 Å². The third-order valence-electron chi connectivity index (χ3n) is 2.33. The molecule has 2 rings (SSSR count). The summed E-state index contributed by atoms with van der Waals surface area (Å²) >= 11 is 3.44. The standard InChI is InChI=1S/C11H13BrN2O/c1-15-6-2-5-14-8-13-10-7-9(12)3-4-11(10)14/h3-4,7-8H,2,5-6H2,1H3. The number of methoxy groups -OCH3 is 1. The topological polar surface area (TPSA) is 27.1 Å². The largest absolute Gasteiger partial charge is 0.385 e. The van der Waals surface area contributed by atoms with Crippen LogP contribution in [0.3, 0.4) is 0 Å². The third-order valence-corrected chi connectivity index (χ3v) is 2.82. The minimum Gasteiger partial charge on any atom is -0.385 e. The van der Waals surface area contributed by atoms with Gasteiger partial charge in [-0.2, -0.15) is 0 Å². The number of imidazole rings is 1. The zero-order valence-corrected chi connectivity index (χ0v) is 10.2. The molecular weight excluding hydrogens is 256 g/mol. The number of benzene rings is 1. The Morgan fingerprint density at radius 3 is 3.13 bits per heavy atom. The highest BCUT2D eigenvalue weighted by molar-refractivity contribution is 9.10. The highest BCUT2D eigenvalue weighted by atomic mass is 79.9. The molecule has 1 aromatic carbocycles. The van der Waals surface area contributed by atoms with Gasteiger partial charge in [-0.25, -0.2) is 4.98 Å². The van der Waals surface area contributed by atoms with Gasteiger partial charge in [0.1, 0.15) is 0 Å². The third kappa shape index (κ3) is 2.38. The lowest BCUT2D eigenvalue weighted by Crippen LogP contribution is -1.99. The molecule has 0 amide bonds. The highest BCUT2D eigenvalue weighted by Gasteiger charge is 2.02. The fourth-order valence-corrected chi connectivity index (χ4v) is 1.94. The second kappa shape index (κ2) is 4.77. The minimum atomic E-state index is 0.788. The molecule has 80 valence electrons. The SMILES string of the molecule is COCCCn1cnc2cc(Br)ccc21. The number of aromatic nitrogens is 2. The molecule has 2 aromatic rings. The summed E-state index contributed by atoms with van der Waals surface area (Å²) in [7, 11) is 1.73. The van der Waals surface area contributed by atoms with Crippen LogP contribution < -0.4 is 0 Å². The number of halogens is 1. The summed E-state index contributed by atoms with van der Waals surface area (Å²) in [5.74, 6) is 0. The van der Waals surface area contributed by atoms with E-state index in [4.69, 9.17) is 4.74 Å². The van der Waals surface area contributed by atoms with Crippen molar-refractivity contribution in [3.8, 4) is 0 Å². The maximum absolute atomic E-state index is 5.03. The Labute approximate surface area is 97.2 Å². The predicted molar refractivity (Wildman–Crippen MR) is 63.9 cm³/mol. The summed E-state index contributed by atoms with van der Waals surface area (Å²) < 4.78 is 8.25. The molecule has 0 aliphatic carbocycles. The first-order chi connectivity index (χ1) is 7.31. The van der Waals surface area contributed by atoms with Crippen LogP contribution in [0.1, 0.15) is 6.42 Å². The van der Waals surface area contributed by atoms with Crippen molar-refractivity contribution in [3.05, 3.63) is 29.0 Å². The molecule has 1 heterocycles. The number of hydrogen-bond donors (Lipinski definition) is 0. The van der Waals surface area contributed by atoms with E-state index in [1.807, 2.05) is 18.5 Å². The molecule has 0 saturated heterocycles. The van der Waals surface area contributed by atoms with E-state index in [2.05, 4.69) is 31.5 Å². The average molecular weight is 269 g/mol. The molecule has 0 aliphatic heterocycles. The van der Waals surface area contributed by atoms with Crippen molar-refractivity contribution in [2.45, 2.75) is 13.0 Å². The molecule has 0 N–H and O–H groups in total. The van der Waals surface area contributed by atoms with E-state index in [1.165, 1.54) is 5.52 Å². The Balaban J connectivity index is 2.21. The zero-order valence-electron chi connectivity index (χ0n) is 8.61. The summed E-state index contributed by atoms with van der Waals surface area (Å²) in [6.07, 6.45) is 2.89. The average Bonchev–Trinajstić information content (AvgIpc) is 2.61. The van der Waals surface area contributed by atoms with Gasteiger partial charge >= 0.3 is 0 Å². The molecule has 0 fully saturated rings. The van der Waals surface area contributed by atoms with E-state index in [0.717, 1.165) is 29.6 Å². The number of ether oxygens (including phenoxy) is 1. The van der Waals surface area contributed by atoms with E-state index >= 15 is 0 Å². The van der Waals surface area contributed by atoms with Crippen LogP contribution in [0.15, 0.2) is 29.0 Å². The van der Waals surface area contributed by atoms with Crippen LogP contribution in [0.4, 0.5) is 0 Å². The number of aryl methyl sites for hydroxylation is 1. The van der Waals surface area contributed by atoms with Crippen LogP contribution in [0.25, 0.3) is 11.0 Å². The summed E-state index contributed by atoms with van der Waals surface area (Å²) in [6.45, 7) is 1.74. The fourth-order valence-electron chi connectivity index (χ4n) is 1.59. The van der Waals surface area contributed by atoms with Gasteiger partial charge in [-0.3, -0.25) is 0 Å². The number of rotatable bonds is 4. The minimum absolute atomic E-state index is 0.788. The van der Waals surface area contributed by atoms with Crippen molar-refractivity contribution in [2.75, 3.05) is 13.7 Å². The molecule has 0 unspecified atom stereocenters. The molecule has 0 radical (unpaired) electrons. The lowest BCUT2D eigenvalue weighted by atomic mass is 10.3. The Morgan fingerprint density at radius 1 is 1.47 bits per heavy atom. The second-order valence-electron chi connectivity index (χ2n) is 3.42. The van der Waals surface area contributed by atoms with Crippen molar-refractivity contribution < 1.29 is 4.74 Å². The Hall–Kier alpha value is -0.870. The first-order valence-electron chi connectivity index (χ1n) is 4.90. The van der Waals surface area contributed by atoms with Crippen LogP contribution in [0, 0.1) is 0 Å². The maximum atomic E-state index is 5.03. The molecule has 1 aromatic heterocycles. The van der Waals surface area contributed by atoms with Gasteiger partial charge in [-0.15, -0.1) is 0 Å². The number of hydrogen-bond acceptors (Lipinski definition) is 2. The molecule has 0 bridgehead atoms. The van der Waals surface area contributed by atoms with E-state index in [-0.39, 0.29) is 0 Å². The van der Waals surface area contributed by atoms with E-state index in [0.29, 0.717) is 0 Å². The van der Waals surface area contributed by atoms with Gasteiger partial charge in [0.05, 0.1) is 17.4 Å². The summed E-state index contributed by atoms with van der Waals surface area (Å²) in [4.78, 5) is 4.35. The molecule has 15 heavy (non-hydrogen) atoms. The van der Waals surface area contributed by atoms with Crippen LogP contribution in [0.5, 0.6) is 0 Å². The lowest BCUT2D eigenvalue weighted by Gasteiger charge is -2.03. The lowest BCUT2D eigenvalue weighted by molar-refractivity contribution is 0.190. The fraction of sp³-hybridized carbons (Fsp3) is 0.364. The Bertz CT molecular complexity index is 453. The van der Waals surface area contributed by atoms with Gasteiger partial charge in [0.15, 0.2) is 0 Å². The van der Waals surface area contributed by atoms with Gasteiger partial charge < -0.3 is 9.30 Å². The monoisotopic (exact) mass is 268 g/mol. The van der Waals surface area contributed by atoms with Gasteiger partial charge in [0, 0.05) is 24.7 Å². The van der Waals surface area contributed by atoms with Crippen molar-refractivity contribution in [1.29, 1.82) is 0 Å². The first-order valence-corrected chi connectivity index (χ1v) is 5.70. The molecule has 3 nitrogen and oxygen atoms in total. The normalized spacial score (nSPS) is 11.1. The summed E-state index contributed by atoms with van der Waals surface area (Å²) in [5, 5.41) is 0. The molecule has 4 heteroatoms. The smallest absolute Gasteiger partial charge is 0.0958 e. The van der Waals surface area contributed by atoms with E-state index in [9.17, 15) is 0 Å². The molecule has 0 spiro atoms. The predicted octanol–water partition coefficient (Wildman–Crippen LogP) is 2.84. The van der Waals surface area contributed by atoms with Crippen LogP contribution >= 0.6 is 15.9 Å². The first kappa shape index (κ1) is 10.6. The molecular formula is C11H13BrN2O. The quantitative estimate of drug-likeness (QED) is 0.798. The van der Waals surface area contributed by atoms with Crippen molar-refractivity contribution in [1.82, 2.24) is 9.55 Å². The van der Waals surface area contributed by atoms with Crippen LogP contribution in [-0.2, 0) is 11.3 Å². The second-order valence-corrected chi connectivity index (χ2v) is 4.33. The molecule has 0 atom stereocenters. The van der Waals surface area contributed by atoms with Gasteiger partial charge in [0.25, 0.3) is 0 Å². The molecule has 0 aliphatic rings. The molecule has 0 saturated carbocycles. The number of nitrogens with zero attached hydrogens (tertiary/aromatic N) is 2. The zero-order chi connectivity index (χ0) is 10.7. The number of fused-ring (bicyclic) bond motifs is 1. The van der Waals surface area contributed by atoms with Crippen molar-refractivity contribution in [3.63, 3.8) is 0 Å². The van der Waals surface area contributed by atoms with E-state index < -0.39 is 0 Å². The van der Waals surface area contributed by atoms with Gasteiger partial charge in [-0.1, -0.05) is 15.9 Å². The van der Waals surface area contributed by atoms with Crippen LogP contribution in [0.2, 0.25) is 0 Å². The highest BCUT2D eigenvalue weighted by Crippen LogP contribution is 2.18. The maximum Gasteiger partial charge on any atom is 0.0958 e.